The van der Waals surface area contributed by atoms with Crippen LogP contribution in [0.1, 0.15) is 5.69 Å². The van der Waals surface area contributed by atoms with E-state index in [9.17, 15) is 0 Å². The van der Waals surface area contributed by atoms with Crippen LogP contribution in [0.5, 0.6) is 0 Å². The Balaban J connectivity index is 1.68. The topological polar surface area (TPSA) is 55.8 Å². The Labute approximate surface area is 104 Å². The molecule has 2 aromatic rings. The largest absolute Gasteiger partial charge is 0.374 e. The molecule has 0 spiro atoms. The Bertz CT molecular complexity index is 466. The van der Waals surface area contributed by atoms with Crippen LogP contribution in [0, 0.1) is 0 Å². The van der Waals surface area contributed by atoms with Crippen LogP contribution in [-0.4, -0.2) is 46.6 Å². The van der Waals surface area contributed by atoms with E-state index in [4.69, 9.17) is 10.5 Å². The molecule has 1 atom stereocenters. The maximum absolute atomic E-state index is 5.63. The van der Waals surface area contributed by atoms with Gasteiger partial charge < -0.3 is 10.5 Å². The van der Waals surface area contributed by atoms with E-state index in [0.29, 0.717) is 6.54 Å². The average molecular weight is 252 g/mol. The van der Waals surface area contributed by atoms with Gasteiger partial charge in [0.1, 0.15) is 0 Å². The zero-order valence-corrected chi connectivity index (χ0v) is 10.4. The lowest BCUT2D eigenvalue weighted by Gasteiger charge is -2.31. The number of rotatable bonds is 3. The Morgan fingerprint density at radius 3 is 3.35 bits per heavy atom. The first-order valence-corrected chi connectivity index (χ1v) is 6.68. The van der Waals surface area contributed by atoms with Gasteiger partial charge in [0.25, 0.3) is 0 Å². The van der Waals surface area contributed by atoms with Gasteiger partial charge in [-0.05, 0) is 0 Å². The van der Waals surface area contributed by atoms with Crippen LogP contribution in [0.25, 0.3) is 4.96 Å². The Hall–Kier alpha value is -0.950. The van der Waals surface area contributed by atoms with Gasteiger partial charge in [-0.3, -0.25) is 9.30 Å². The first kappa shape index (κ1) is 11.2. The molecule has 3 heterocycles. The van der Waals surface area contributed by atoms with E-state index in [0.717, 1.165) is 36.9 Å². The molecule has 0 radical (unpaired) electrons. The van der Waals surface area contributed by atoms with Gasteiger partial charge in [0.15, 0.2) is 4.96 Å². The lowest BCUT2D eigenvalue weighted by Crippen LogP contribution is -2.45. The second kappa shape index (κ2) is 4.73. The number of morpholine rings is 1. The summed E-state index contributed by atoms with van der Waals surface area (Å²) in [7, 11) is 0. The van der Waals surface area contributed by atoms with E-state index in [1.54, 1.807) is 11.3 Å². The van der Waals surface area contributed by atoms with Crippen molar-refractivity contribution >= 4 is 16.3 Å². The van der Waals surface area contributed by atoms with Gasteiger partial charge in [-0.25, -0.2) is 4.98 Å². The summed E-state index contributed by atoms with van der Waals surface area (Å²) in [5.74, 6) is 0. The number of thiazole rings is 1. The average Bonchev–Trinajstić information content (AvgIpc) is 2.90. The van der Waals surface area contributed by atoms with Crippen molar-refractivity contribution in [3.63, 3.8) is 0 Å². The van der Waals surface area contributed by atoms with Crippen LogP contribution in [0.4, 0.5) is 0 Å². The Morgan fingerprint density at radius 1 is 1.59 bits per heavy atom. The number of hydrogen-bond donors (Lipinski definition) is 1. The Kier molecular flexibility index (Phi) is 3.11. The second-order valence-corrected chi connectivity index (χ2v) is 5.16. The first-order valence-electron chi connectivity index (χ1n) is 5.80. The van der Waals surface area contributed by atoms with Crippen LogP contribution >= 0.6 is 11.3 Å². The fraction of sp³-hybridized carbons (Fsp3) is 0.545. The summed E-state index contributed by atoms with van der Waals surface area (Å²) < 4.78 is 7.62. The summed E-state index contributed by atoms with van der Waals surface area (Å²) in [4.78, 5) is 8.00. The predicted octanol–water partition coefficient (Wildman–Crippen LogP) is 0.555. The van der Waals surface area contributed by atoms with E-state index in [2.05, 4.69) is 20.5 Å². The SMILES string of the molecule is NCC1CN(Cc2cn3ccsc3n2)CCO1. The van der Waals surface area contributed by atoms with Crippen LogP contribution in [0.15, 0.2) is 17.8 Å². The summed E-state index contributed by atoms with van der Waals surface area (Å²) in [6.45, 7) is 4.11. The predicted molar refractivity (Wildman–Crippen MR) is 67.1 cm³/mol. The number of hydrogen-bond acceptors (Lipinski definition) is 5. The summed E-state index contributed by atoms with van der Waals surface area (Å²) in [5, 5.41) is 2.05. The van der Waals surface area contributed by atoms with E-state index in [-0.39, 0.29) is 6.10 Å². The van der Waals surface area contributed by atoms with Crippen molar-refractivity contribution in [2.24, 2.45) is 5.73 Å². The second-order valence-electron chi connectivity index (χ2n) is 4.29. The molecule has 5 nitrogen and oxygen atoms in total. The minimum absolute atomic E-state index is 0.174. The third-order valence-electron chi connectivity index (χ3n) is 3.01. The molecule has 17 heavy (non-hydrogen) atoms. The first-order chi connectivity index (χ1) is 8.35. The van der Waals surface area contributed by atoms with Crippen molar-refractivity contribution in [3.8, 4) is 0 Å². The molecule has 1 fully saturated rings. The number of nitrogens with zero attached hydrogens (tertiary/aromatic N) is 3. The van der Waals surface area contributed by atoms with E-state index in [1.165, 1.54) is 0 Å². The molecule has 1 saturated heterocycles. The Morgan fingerprint density at radius 2 is 2.53 bits per heavy atom. The summed E-state index contributed by atoms with van der Waals surface area (Å²) in [6, 6.07) is 0. The van der Waals surface area contributed by atoms with Crippen molar-refractivity contribution in [3.05, 3.63) is 23.5 Å². The van der Waals surface area contributed by atoms with Crippen molar-refractivity contribution in [2.45, 2.75) is 12.6 Å². The highest BCUT2D eigenvalue weighted by Crippen LogP contribution is 2.14. The van der Waals surface area contributed by atoms with E-state index < -0.39 is 0 Å². The lowest BCUT2D eigenvalue weighted by molar-refractivity contribution is -0.0263. The van der Waals surface area contributed by atoms with Gasteiger partial charge in [0.05, 0.1) is 18.4 Å². The van der Waals surface area contributed by atoms with Gasteiger partial charge in [-0.15, -0.1) is 11.3 Å². The van der Waals surface area contributed by atoms with Crippen molar-refractivity contribution in [1.29, 1.82) is 0 Å². The lowest BCUT2D eigenvalue weighted by atomic mass is 10.2. The molecule has 1 unspecified atom stereocenters. The molecule has 0 aromatic carbocycles. The molecule has 0 amide bonds. The highest BCUT2D eigenvalue weighted by Gasteiger charge is 2.19. The summed E-state index contributed by atoms with van der Waals surface area (Å²) in [5.41, 5.74) is 6.75. The van der Waals surface area contributed by atoms with Crippen LogP contribution in [0.2, 0.25) is 0 Å². The zero-order valence-electron chi connectivity index (χ0n) is 9.58. The quantitative estimate of drug-likeness (QED) is 0.867. The molecular formula is C11H16N4OS. The summed E-state index contributed by atoms with van der Waals surface area (Å²) >= 11 is 1.66. The van der Waals surface area contributed by atoms with Crippen LogP contribution in [-0.2, 0) is 11.3 Å². The molecule has 1 aliphatic rings. The maximum atomic E-state index is 5.63. The minimum atomic E-state index is 0.174. The van der Waals surface area contributed by atoms with Crippen molar-refractivity contribution in [2.75, 3.05) is 26.2 Å². The number of ether oxygens (including phenoxy) is 1. The van der Waals surface area contributed by atoms with Crippen LogP contribution < -0.4 is 5.73 Å². The normalized spacial score (nSPS) is 22.3. The number of nitrogens with two attached hydrogens (primary N) is 1. The third-order valence-corrected chi connectivity index (χ3v) is 3.79. The molecule has 2 aromatic heterocycles. The third kappa shape index (κ3) is 2.35. The van der Waals surface area contributed by atoms with Gasteiger partial charge in [0, 0.05) is 44.0 Å². The molecule has 3 rings (SSSR count). The highest BCUT2D eigenvalue weighted by atomic mass is 32.1. The van der Waals surface area contributed by atoms with Crippen molar-refractivity contribution < 1.29 is 4.74 Å². The molecule has 1 aliphatic heterocycles. The smallest absolute Gasteiger partial charge is 0.193 e. The molecule has 92 valence electrons. The summed E-state index contributed by atoms with van der Waals surface area (Å²) in [6.07, 6.45) is 4.31. The number of imidazole rings is 1. The van der Waals surface area contributed by atoms with Crippen molar-refractivity contribution in [1.82, 2.24) is 14.3 Å². The molecule has 0 aliphatic carbocycles. The van der Waals surface area contributed by atoms with Gasteiger partial charge in [-0.1, -0.05) is 0 Å². The fourth-order valence-electron chi connectivity index (χ4n) is 2.15. The number of fused-ring (bicyclic) bond motifs is 1. The monoisotopic (exact) mass is 252 g/mol. The van der Waals surface area contributed by atoms with E-state index >= 15 is 0 Å². The maximum Gasteiger partial charge on any atom is 0.193 e. The van der Waals surface area contributed by atoms with Gasteiger partial charge >= 0.3 is 0 Å². The standard InChI is InChI=1S/C11H16N4OS/c12-5-10-8-14(1-3-16-10)6-9-7-15-2-4-17-11(15)13-9/h2,4,7,10H,1,3,5-6,8,12H2. The molecular weight excluding hydrogens is 236 g/mol. The number of aromatic nitrogens is 2. The molecule has 0 saturated carbocycles. The van der Waals surface area contributed by atoms with E-state index in [1.807, 2.05) is 11.6 Å². The molecule has 0 bridgehead atoms. The minimum Gasteiger partial charge on any atom is -0.374 e. The van der Waals surface area contributed by atoms with Gasteiger partial charge in [0.2, 0.25) is 0 Å². The van der Waals surface area contributed by atoms with Crippen LogP contribution in [0.3, 0.4) is 0 Å². The zero-order chi connectivity index (χ0) is 11.7. The highest BCUT2D eigenvalue weighted by molar-refractivity contribution is 7.15. The molecule has 2 N–H and O–H groups in total. The molecule has 6 heteroatoms. The fourth-order valence-corrected chi connectivity index (χ4v) is 2.87. The van der Waals surface area contributed by atoms with Gasteiger partial charge in [-0.2, -0.15) is 0 Å².